The van der Waals surface area contributed by atoms with Crippen LogP contribution in [0.1, 0.15) is 29.2 Å². The lowest BCUT2D eigenvalue weighted by atomic mass is 10.1. The lowest BCUT2D eigenvalue weighted by Gasteiger charge is -2.34. The van der Waals surface area contributed by atoms with Crippen molar-refractivity contribution >= 4 is 35.6 Å². The molecule has 164 valence electrons. The van der Waals surface area contributed by atoms with Gasteiger partial charge in [-0.3, -0.25) is 4.90 Å². The van der Waals surface area contributed by atoms with E-state index in [-0.39, 0.29) is 30.1 Å². The fourth-order valence-electron chi connectivity index (χ4n) is 4.02. The average Bonchev–Trinajstić information content (AvgIpc) is 3.17. The number of aliphatic hydroxyl groups excluding tert-OH is 1. The van der Waals surface area contributed by atoms with Gasteiger partial charge in [-0.25, -0.2) is 4.39 Å². The molecule has 0 saturated carbocycles. The third-order valence-electron chi connectivity index (χ3n) is 5.52. The molecule has 30 heavy (non-hydrogen) atoms. The van der Waals surface area contributed by atoms with Crippen molar-refractivity contribution in [2.24, 2.45) is 0 Å². The van der Waals surface area contributed by atoms with Crippen molar-refractivity contribution in [2.45, 2.75) is 31.5 Å². The third kappa shape index (κ3) is 5.58. The number of hydrogen-bond acceptors (Lipinski definition) is 4. The minimum Gasteiger partial charge on any atom is -0.491 e. The van der Waals surface area contributed by atoms with Crippen molar-refractivity contribution in [1.82, 2.24) is 4.90 Å². The van der Waals surface area contributed by atoms with E-state index in [0.717, 1.165) is 18.6 Å². The Hall–Kier alpha value is -1.08. The molecule has 1 aliphatic carbocycles. The van der Waals surface area contributed by atoms with Crippen LogP contribution in [0.4, 0.5) is 4.39 Å². The fourth-order valence-corrected chi connectivity index (χ4v) is 4.53. The molecule has 1 aliphatic heterocycles. The van der Waals surface area contributed by atoms with Crippen LogP contribution in [-0.4, -0.2) is 49.0 Å². The summed E-state index contributed by atoms with van der Waals surface area (Å²) in [6.07, 6.45) is 2.42. The second kappa shape index (κ2) is 10.5. The standard InChI is InChI=1S/C22H24Cl2FNO3.ClH/c23-19-10-20(24)21(25)9-18(19)22-12-26(6-7-28-22)11-16(27)13-29-17-5-4-14-2-1-3-15(14)8-17;/h4-5,8-10,16,22,27H,1-3,6-7,11-13H2;1H. The lowest BCUT2D eigenvalue weighted by Crippen LogP contribution is -2.43. The highest BCUT2D eigenvalue weighted by Crippen LogP contribution is 2.32. The third-order valence-corrected chi connectivity index (χ3v) is 6.14. The first-order valence-electron chi connectivity index (χ1n) is 9.90. The molecule has 1 heterocycles. The van der Waals surface area contributed by atoms with Gasteiger partial charge in [0.1, 0.15) is 24.3 Å². The first-order chi connectivity index (χ1) is 14.0. The second-order valence-corrected chi connectivity index (χ2v) is 8.47. The Balaban J connectivity index is 0.00000256. The van der Waals surface area contributed by atoms with Crippen LogP contribution < -0.4 is 4.74 Å². The summed E-state index contributed by atoms with van der Waals surface area (Å²) in [4.78, 5) is 2.08. The summed E-state index contributed by atoms with van der Waals surface area (Å²) < 4.78 is 25.4. The lowest BCUT2D eigenvalue weighted by molar-refractivity contribution is -0.0460. The molecule has 2 atom stereocenters. The van der Waals surface area contributed by atoms with Crippen molar-refractivity contribution in [3.8, 4) is 5.75 Å². The summed E-state index contributed by atoms with van der Waals surface area (Å²) in [5.74, 6) is 0.280. The molecular formula is C22H25Cl3FNO3. The summed E-state index contributed by atoms with van der Waals surface area (Å²) in [6, 6.07) is 8.89. The zero-order chi connectivity index (χ0) is 20.4. The zero-order valence-electron chi connectivity index (χ0n) is 16.5. The number of aryl methyl sites for hydroxylation is 2. The largest absolute Gasteiger partial charge is 0.491 e. The highest BCUT2D eigenvalue weighted by Gasteiger charge is 2.26. The molecule has 1 fully saturated rings. The predicted octanol–water partition coefficient (Wildman–Crippen LogP) is 4.86. The molecule has 8 heteroatoms. The van der Waals surface area contributed by atoms with Gasteiger partial charge in [-0.15, -0.1) is 12.4 Å². The van der Waals surface area contributed by atoms with E-state index >= 15 is 0 Å². The Morgan fingerprint density at radius 1 is 1.17 bits per heavy atom. The van der Waals surface area contributed by atoms with Gasteiger partial charge in [-0.2, -0.15) is 0 Å². The molecule has 0 bridgehead atoms. The molecule has 2 aliphatic rings. The number of halogens is 4. The van der Waals surface area contributed by atoms with Crippen LogP contribution in [-0.2, 0) is 17.6 Å². The number of nitrogens with zero attached hydrogens (tertiary/aromatic N) is 1. The Bertz CT molecular complexity index is 883. The van der Waals surface area contributed by atoms with E-state index in [1.54, 1.807) is 0 Å². The topological polar surface area (TPSA) is 41.9 Å². The minimum atomic E-state index is -0.639. The molecular weight excluding hydrogens is 452 g/mol. The van der Waals surface area contributed by atoms with Gasteiger partial charge in [0.25, 0.3) is 0 Å². The maximum Gasteiger partial charge on any atom is 0.142 e. The van der Waals surface area contributed by atoms with Crippen LogP contribution in [0.3, 0.4) is 0 Å². The van der Waals surface area contributed by atoms with E-state index in [4.69, 9.17) is 32.7 Å². The monoisotopic (exact) mass is 475 g/mol. The van der Waals surface area contributed by atoms with Crippen molar-refractivity contribution < 1.29 is 19.0 Å². The number of rotatable bonds is 6. The average molecular weight is 477 g/mol. The van der Waals surface area contributed by atoms with Gasteiger partial charge in [0.05, 0.1) is 17.7 Å². The maximum atomic E-state index is 13.8. The Morgan fingerprint density at radius 2 is 1.97 bits per heavy atom. The van der Waals surface area contributed by atoms with Gasteiger partial charge >= 0.3 is 0 Å². The minimum absolute atomic E-state index is 0. The van der Waals surface area contributed by atoms with Crippen LogP contribution >= 0.6 is 35.6 Å². The molecule has 1 saturated heterocycles. The SMILES string of the molecule is Cl.OC(COc1ccc2c(c1)CCC2)CN1CCOC(c2cc(F)c(Cl)cc2Cl)C1. The number of benzene rings is 2. The van der Waals surface area contributed by atoms with Gasteiger partial charge in [0.15, 0.2) is 0 Å². The summed E-state index contributed by atoms with van der Waals surface area (Å²) in [6.45, 7) is 2.33. The van der Waals surface area contributed by atoms with E-state index in [1.165, 1.54) is 29.7 Å². The molecule has 0 aromatic heterocycles. The summed E-state index contributed by atoms with van der Waals surface area (Å²) in [5.41, 5.74) is 3.32. The van der Waals surface area contributed by atoms with Gasteiger partial charge in [-0.05, 0) is 54.7 Å². The van der Waals surface area contributed by atoms with Crippen molar-refractivity contribution in [2.75, 3.05) is 32.8 Å². The number of ether oxygens (including phenoxy) is 2. The van der Waals surface area contributed by atoms with E-state index in [2.05, 4.69) is 17.0 Å². The molecule has 2 unspecified atom stereocenters. The molecule has 0 radical (unpaired) electrons. The molecule has 0 amide bonds. The van der Waals surface area contributed by atoms with Crippen molar-refractivity contribution in [3.63, 3.8) is 0 Å². The van der Waals surface area contributed by atoms with Crippen LogP contribution in [0.2, 0.25) is 10.0 Å². The van der Waals surface area contributed by atoms with E-state index < -0.39 is 11.9 Å². The number of fused-ring (bicyclic) bond motifs is 1. The highest BCUT2D eigenvalue weighted by atomic mass is 35.5. The quantitative estimate of drug-likeness (QED) is 0.605. The molecule has 2 aromatic rings. The van der Waals surface area contributed by atoms with Crippen LogP contribution in [0.25, 0.3) is 0 Å². The highest BCUT2D eigenvalue weighted by molar-refractivity contribution is 6.35. The van der Waals surface area contributed by atoms with Gasteiger partial charge < -0.3 is 14.6 Å². The van der Waals surface area contributed by atoms with Gasteiger partial charge in [-0.1, -0.05) is 29.3 Å². The second-order valence-electron chi connectivity index (χ2n) is 7.66. The summed E-state index contributed by atoms with van der Waals surface area (Å²) in [7, 11) is 0. The molecule has 4 rings (SSSR count). The molecule has 2 aromatic carbocycles. The Kier molecular flexibility index (Phi) is 8.24. The Morgan fingerprint density at radius 3 is 2.80 bits per heavy atom. The number of morpholine rings is 1. The summed E-state index contributed by atoms with van der Waals surface area (Å²) in [5, 5.41) is 10.8. The molecule has 4 nitrogen and oxygen atoms in total. The maximum absolute atomic E-state index is 13.8. The van der Waals surface area contributed by atoms with Crippen LogP contribution in [0, 0.1) is 5.82 Å². The van der Waals surface area contributed by atoms with Crippen LogP contribution in [0.5, 0.6) is 5.75 Å². The van der Waals surface area contributed by atoms with Crippen molar-refractivity contribution in [1.29, 1.82) is 0 Å². The zero-order valence-corrected chi connectivity index (χ0v) is 18.8. The first-order valence-corrected chi connectivity index (χ1v) is 10.7. The number of hydrogen-bond donors (Lipinski definition) is 1. The van der Waals surface area contributed by atoms with E-state index in [9.17, 15) is 9.50 Å². The van der Waals surface area contributed by atoms with E-state index in [0.29, 0.717) is 36.8 Å². The van der Waals surface area contributed by atoms with Gasteiger partial charge in [0, 0.05) is 30.2 Å². The molecule has 1 N–H and O–H groups in total. The van der Waals surface area contributed by atoms with E-state index in [1.807, 2.05) is 6.07 Å². The number of β-amino-alcohol motifs (C(OH)–C–C–N with tert-alkyl or cyclic N) is 1. The molecule has 0 spiro atoms. The Labute approximate surface area is 192 Å². The first kappa shape index (κ1) is 23.6. The normalized spacial score (nSPS) is 19.8. The number of aliphatic hydroxyl groups is 1. The van der Waals surface area contributed by atoms with Gasteiger partial charge in [0.2, 0.25) is 0 Å². The predicted molar refractivity (Wildman–Crippen MR) is 119 cm³/mol. The van der Waals surface area contributed by atoms with Crippen molar-refractivity contribution in [3.05, 3.63) is 62.9 Å². The summed E-state index contributed by atoms with van der Waals surface area (Å²) >= 11 is 12.0. The fraction of sp³-hybridized carbons (Fsp3) is 0.455. The van der Waals surface area contributed by atoms with Crippen LogP contribution in [0.15, 0.2) is 30.3 Å². The smallest absolute Gasteiger partial charge is 0.142 e.